The Labute approximate surface area is 114 Å². The molecule has 2 heterocycles. The molecule has 0 N–H and O–H groups in total. The van der Waals surface area contributed by atoms with Crippen LogP contribution in [0.5, 0.6) is 5.75 Å². The molecule has 1 aromatic carbocycles. The molecule has 2 unspecified atom stereocenters. The van der Waals surface area contributed by atoms with Crippen LogP contribution in [-0.2, 0) is 6.42 Å². The molecule has 0 amide bonds. The second-order valence-corrected chi connectivity index (χ2v) is 6.11. The van der Waals surface area contributed by atoms with Gasteiger partial charge < -0.3 is 4.74 Å². The zero-order valence-electron chi connectivity index (χ0n) is 9.52. The molecule has 0 bridgehead atoms. The number of halogens is 1. The summed E-state index contributed by atoms with van der Waals surface area (Å²) in [6.45, 7) is 2.12. The van der Waals surface area contributed by atoms with E-state index in [1.807, 2.05) is 0 Å². The van der Waals surface area contributed by atoms with Gasteiger partial charge in [-0.15, -0.1) is 0 Å². The van der Waals surface area contributed by atoms with Crippen molar-refractivity contribution < 1.29 is 4.74 Å². The molecule has 1 aliphatic heterocycles. The van der Waals surface area contributed by atoms with Crippen LogP contribution in [0.1, 0.15) is 28.4 Å². The summed E-state index contributed by atoms with van der Waals surface area (Å²) in [5.41, 5.74) is 3.96. The van der Waals surface area contributed by atoms with Gasteiger partial charge in [-0.25, -0.2) is 0 Å². The van der Waals surface area contributed by atoms with E-state index < -0.39 is 0 Å². The van der Waals surface area contributed by atoms with E-state index in [0.29, 0.717) is 6.10 Å². The van der Waals surface area contributed by atoms with Gasteiger partial charge in [0.25, 0.3) is 0 Å². The number of alkyl halides is 1. The van der Waals surface area contributed by atoms with E-state index in [0.717, 1.165) is 12.2 Å². The maximum absolute atomic E-state index is 5.72. The first kappa shape index (κ1) is 11.3. The highest BCUT2D eigenvalue weighted by molar-refractivity contribution is 9.09. The molecule has 1 nitrogen and oxygen atoms in total. The van der Waals surface area contributed by atoms with Crippen molar-refractivity contribution in [2.24, 2.45) is 0 Å². The molecule has 1 aromatic heterocycles. The molecule has 2 aromatic rings. The average molecular weight is 309 g/mol. The van der Waals surface area contributed by atoms with Gasteiger partial charge in [0, 0.05) is 6.42 Å². The molecule has 88 valence electrons. The Bertz CT molecular complexity index is 521. The second kappa shape index (κ2) is 4.46. The van der Waals surface area contributed by atoms with Gasteiger partial charge in [0.05, 0.1) is 4.83 Å². The summed E-state index contributed by atoms with van der Waals surface area (Å²) in [6, 6.07) is 8.66. The van der Waals surface area contributed by atoms with Gasteiger partial charge in [0.15, 0.2) is 0 Å². The van der Waals surface area contributed by atoms with Crippen LogP contribution in [0.4, 0.5) is 0 Å². The summed E-state index contributed by atoms with van der Waals surface area (Å²) >= 11 is 5.50. The average Bonchev–Trinajstić information content (AvgIpc) is 2.94. The molecular weight excluding hydrogens is 296 g/mol. The first-order valence-electron chi connectivity index (χ1n) is 5.69. The minimum Gasteiger partial charge on any atom is -0.490 e. The van der Waals surface area contributed by atoms with Crippen LogP contribution in [0.25, 0.3) is 0 Å². The van der Waals surface area contributed by atoms with Crippen molar-refractivity contribution in [3.05, 3.63) is 51.7 Å². The molecule has 3 heteroatoms. The molecular formula is C14H13BrOS. The molecule has 0 aliphatic carbocycles. The lowest BCUT2D eigenvalue weighted by molar-refractivity contribution is 0.254. The third kappa shape index (κ3) is 2.14. The Morgan fingerprint density at radius 2 is 2.24 bits per heavy atom. The van der Waals surface area contributed by atoms with Crippen molar-refractivity contribution >= 4 is 27.3 Å². The molecule has 17 heavy (non-hydrogen) atoms. The van der Waals surface area contributed by atoms with Crippen molar-refractivity contribution in [3.63, 3.8) is 0 Å². The predicted octanol–water partition coefficient (Wildman–Crippen LogP) is 4.56. The normalized spacial score (nSPS) is 19.8. The maximum Gasteiger partial charge on any atom is 0.123 e. The smallest absolute Gasteiger partial charge is 0.123 e. The standard InChI is InChI=1S/C14H13BrOS/c1-9-6-12-7-10(2-3-13(12)16-9)14(15)11-4-5-17-8-11/h2-5,7-9,14H,6H2,1H3. The molecule has 0 spiro atoms. The molecule has 0 radical (unpaired) electrons. The third-order valence-electron chi connectivity index (χ3n) is 3.05. The number of hydrogen-bond donors (Lipinski definition) is 0. The Morgan fingerprint density at radius 1 is 1.35 bits per heavy atom. The van der Waals surface area contributed by atoms with Gasteiger partial charge in [-0.05, 0) is 46.5 Å². The largest absolute Gasteiger partial charge is 0.490 e. The van der Waals surface area contributed by atoms with Crippen molar-refractivity contribution in [1.29, 1.82) is 0 Å². The quantitative estimate of drug-likeness (QED) is 0.739. The first-order valence-corrected chi connectivity index (χ1v) is 7.55. The van der Waals surface area contributed by atoms with Gasteiger partial charge in [0.2, 0.25) is 0 Å². The van der Waals surface area contributed by atoms with E-state index in [1.165, 1.54) is 16.7 Å². The number of rotatable bonds is 2. The third-order valence-corrected chi connectivity index (χ3v) is 4.81. The molecule has 0 saturated carbocycles. The molecule has 2 atom stereocenters. The summed E-state index contributed by atoms with van der Waals surface area (Å²) in [6.07, 6.45) is 1.34. The summed E-state index contributed by atoms with van der Waals surface area (Å²) in [4.78, 5) is 0.287. The van der Waals surface area contributed by atoms with Crippen molar-refractivity contribution in [3.8, 4) is 5.75 Å². The van der Waals surface area contributed by atoms with Gasteiger partial charge in [0.1, 0.15) is 11.9 Å². The predicted molar refractivity (Wildman–Crippen MR) is 75.3 cm³/mol. The monoisotopic (exact) mass is 308 g/mol. The highest BCUT2D eigenvalue weighted by Gasteiger charge is 2.20. The SMILES string of the molecule is CC1Cc2cc(C(Br)c3ccsc3)ccc2O1. The fraction of sp³-hybridized carbons (Fsp3) is 0.286. The summed E-state index contributed by atoms with van der Waals surface area (Å²) in [5, 5.41) is 4.30. The van der Waals surface area contributed by atoms with Crippen LogP contribution >= 0.6 is 27.3 Å². The van der Waals surface area contributed by atoms with Crippen LogP contribution < -0.4 is 4.74 Å². The molecule has 3 rings (SSSR count). The molecule has 0 fully saturated rings. The Kier molecular flexibility index (Phi) is 2.97. The van der Waals surface area contributed by atoms with Crippen LogP contribution in [0.3, 0.4) is 0 Å². The lowest BCUT2D eigenvalue weighted by atomic mass is 10.0. The number of ether oxygens (including phenoxy) is 1. The van der Waals surface area contributed by atoms with Crippen LogP contribution in [0, 0.1) is 0 Å². The summed E-state index contributed by atoms with van der Waals surface area (Å²) < 4.78 is 5.72. The number of benzene rings is 1. The lowest BCUT2D eigenvalue weighted by Gasteiger charge is -2.09. The topological polar surface area (TPSA) is 9.23 Å². The zero-order valence-corrected chi connectivity index (χ0v) is 11.9. The highest BCUT2D eigenvalue weighted by Crippen LogP contribution is 2.36. The van der Waals surface area contributed by atoms with E-state index in [2.05, 4.69) is 57.9 Å². The van der Waals surface area contributed by atoms with E-state index in [9.17, 15) is 0 Å². The minimum atomic E-state index is 0.287. The van der Waals surface area contributed by atoms with Crippen LogP contribution in [-0.4, -0.2) is 6.10 Å². The van der Waals surface area contributed by atoms with Crippen molar-refractivity contribution in [1.82, 2.24) is 0 Å². The van der Waals surface area contributed by atoms with E-state index in [-0.39, 0.29) is 4.83 Å². The number of fused-ring (bicyclic) bond motifs is 1. The van der Waals surface area contributed by atoms with Gasteiger partial charge in [-0.1, -0.05) is 28.1 Å². The first-order chi connectivity index (χ1) is 8.24. The summed E-state index contributed by atoms with van der Waals surface area (Å²) in [7, 11) is 0. The zero-order chi connectivity index (χ0) is 11.8. The van der Waals surface area contributed by atoms with E-state index >= 15 is 0 Å². The Morgan fingerprint density at radius 3 is 3.00 bits per heavy atom. The van der Waals surface area contributed by atoms with Gasteiger partial charge in [-0.2, -0.15) is 11.3 Å². The van der Waals surface area contributed by atoms with Gasteiger partial charge >= 0.3 is 0 Å². The van der Waals surface area contributed by atoms with Crippen LogP contribution in [0.15, 0.2) is 35.0 Å². The molecule has 0 saturated heterocycles. The number of hydrogen-bond acceptors (Lipinski definition) is 2. The fourth-order valence-corrected chi connectivity index (χ4v) is 3.64. The number of thiophene rings is 1. The minimum absolute atomic E-state index is 0.287. The Hall–Kier alpha value is -0.800. The second-order valence-electron chi connectivity index (χ2n) is 4.42. The fourth-order valence-electron chi connectivity index (χ4n) is 2.21. The van der Waals surface area contributed by atoms with Crippen molar-refractivity contribution in [2.75, 3.05) is 0 Å². The van der Waals surface area contributed by atoms with E-state index in [4.69, 9.17) is 4.74 Å². The maximum atomic E-state index is 5.72. The van der Waals surface area contributed by atoms with Gasteiger partial charge in [-0.3, -0.25) is 0 Å². The highest BCUT2D eigenvalue weighted by atomic mass is 79.9. The van der Waals surface area contributed by atoms with E-state index in [1.54, 1.807) is 11.3 Å². The van der Waals surface area contributed by atoms with Crippen molar-refractivity contribution in [2.45, 2.75) is 24.3 Å². The Balaban J connectivity index is 1.93. The summed E-state index contributed by atoms with van der Waals surface area (Å²) in [5.74, 6) is 1.05. The van der Waals surface area contributed by atoms with Crippen LogP contribution in [0.2, 0.25) is 0 Å². The molecule has 1 aliphatic rings. The lowest BCUT2D eigenvalue weighted by Crippen LogP contribution is -2.05.